The van der Waals surface area contributed by atoms with Crippen molar-refractivity contribution in [3.63, 3.8) is 0 Å². The Kier molecular flexibility index (Phi) is 3.20. The molecule has 0 radical (unpaired) electrons. The maximum Gasteiger partial charge on any atom is 0.330 e. The summed E-state index contributed by atoms with van der Waals surface area (Å²) < 4.78 is 5.77. The Morgan fingerprint density at radius 3 is 2.95 bits per heavy atom. The lowest BCUT2D eigenvalue weighted by molar-refractivity contribution is -0.386. The summed E-state index contributed by atoms with van der Waals surface area (Å²) in [6.45, 7) is 3.66. The molecule has 2 heterocycles. The molecule has 1 aliphatic carbocycles. The molecule has 1 aromatic heterocycles. The highest BCUT2D eigenvalue weighted by molar-refractivity contribution is 5.88. The fourth-order valence-electron chi connectivity index (χ4n) is 2.86. The molecule has 0 spiro atoms. The number of aromatic nitrogens is 1. The van der Waals surface area contributed by atoms with Crippen molar-refractivity contribution in [2.24, 2.45) is 11.3 Å². The Bertz CT molecular complexity index is 708. The number of hydrogen-bond donors (Lipinski definition) is 1. The van der Waals surface area contributed by atoms with E-state index in [1.165, 1.54) is 18.3 Å². The third-order valence-corrected chi connectivity index (χ3v) is 4.06. The number of nitro groups is 1. The first kappa shape index (κ1) is 14.2. The zero-order chi connectivity index (χ0) is 15.9. The SMILES string of the molecule is CC1(C)C(=O)NC2=CC=CC(Oc3ncccc3[N+](=O)[O-])C21. The van der Waals surface area contributed by atoms with Crippen LogP contribution in [0.1, 0.15) is 13.8 Å². The first-order valence-electron chi connectivity index (χ1n) is 6.87. The van der Waals surface area contributed by atoms with Crippen LogP contribution in [0.4, 0.5) is 5.69 Å². The van der Waals surface area contributed by atoms with E-state index >= 15 is 0 Å². The molecule has 2 aliphatic rings. The number of fused-ring (bicyclic) bond motifs is 1. The third kappa shape index (κ3) is 2.14. The number of rotatable bonds is 3. The third-order valence-electron chi connectivity index (χ3n) is 4.06. The number of allylic oxidation sites excluding steroid dienone is 2. The average Bonchev–Trinajstić information content (AvgIpc) is 2.70. The van der Waals surface area contributed by atoms with E-state index in [2.05, 4.69) is 10.3 Å². The molecule has 0 bridgehead atoms. The molecule has 1 N–H and O–H groups in total. The van der Waals surface area contributed by atoms with Gasteiger partial charge < -0.3 is 10.1 Å². The van der Waals surface area contributed by atoms with Crippen LogP contribution >= 0.6 is 0 Å². The number of amides is 1. The first-order chi connectivity index (χ1) is 10.4. The van der Waals surface area contributed by atoms with Crippen LogP contribution in [0.5, 0.6) is 5.88 Å². The Morgan fingerprint density at radius 1 is 1.45 bits per heavy atom. The van der Waals surface area contributed by atoms with E-state index < -0.39 is 16.4 Å². The zero-order valence-electron chi connectivity index (χ0n) is 12.1. The van der Waals surface area contributed by atoms with Crippen molar-refractivity contribution in [1.82, 2.24) is 10.3 Å². The summed E-state index contributed by atoms with van der Waals surface area (Å²) in [7, 11) is 0. The molecule has 1 saturated heterocycles. The summed E-state index contributed by atoms with van der Waals surface area (Å²) in [5.74, 6) is -0.360. The number of hydrogen-bond acceptors (Lipinski definition) is 5. The van der Waals surface area contributed by atoms with Gasteiger partial charge in [0.05, 0.1) is 16.3 Å². The molecule has 1 fully saturated rings. The maximum absolute atomic E-state index is 12.1. The molecule has 1 aliphatic heterocycles. The van der Waals surface area contributed by atoms with Gasteiger partial charge in [-0.25, -0.2) is 4.98 Å². The molecular formula is C15H15N3O4. The fourth-order valence-corrected chi connectivity index (χ4v) is 2.86. The van der Waals surface area contributed by atoms with E-state index in [9.17, 15) is 14.9 Å². The molecule has 3 rings (SSSR count). The van der Waals surface area contributed by atoms with E-state index in [0.717, 1.165) is 5.70 Å². The van der Waals surface area contributed by atoms with Gasteiger partial charge in [-0.2, -0.15) is 0 Å². The largest absolute Gasteiger partial charge is 0.464 e. The van der Waals surface area contributed by atoms with E-state index in [1.807, 2.05) is 19.9 Å². The Hall–Kier alpha value is -2.70. The molecule has 0 saturated carbocycles. The second kappa shape index (κ2) is 4.94. The van der Waals surface area contributed by atoms with Gasteiger partial charge in [0.2, 0.25) is 5.91 Å². The number of nitrogens with zero attached hydrogens (tertiary/aromatic N) is 2. The molecule has 114 valence electrons. The highest BCUT2D eigenvalue weighted by Crippen LogP contribution is 2.43. The van der Waals surface area contributed by atoms with Crippen molar-refractivity contribution in [1.29, 1.82) is 0 Å². The van der Waals surface area contributed by atoms with Crippen molar-refractivity contribution >= 4 is 11.6 Å². The van der Waals surface area contributed by atoms with Gasteiger partial charge in [-0.15, -0.1) is 0 Å². The van der Waals surface area contributed by atoms with Gasteiger partial charge in [-0.05, 0) is 18.2 Å². The van der Waals surface area contributed by atoms with Crippen LogP contribution in [-0.4, -0.2) is 21.9 Å². The molecule has 2 atom stereocenters. The molecular weight excluding hydrogens is 286 g/mol. The van der Waals surface area contributed by atoms with Crippen molar-refractivity contribution in [3.05, 3.63) is 52.4 Å². The van der Waals surface area contributed by atoms with Gasteiger partial charge in [-0.3, -0.25) is 14.9 Å². The topological polar surface area (TPSA) is 94.4 Å². The van der Waals surface area contributed by atoms with Crippen molar-refractivity contribution < 1.29 is 14.5 Å². The first-order valence-corrected chi connectivity index (χ1v) is 6.87. The lowest BCUT2D eigenvalue weighted by Gasteiger charge is -2.31. The Morgan fingerprint density at radius 2 is 2.23 bits per heavy atom. The standard InChI is InChI=1S/C15H15N3O4/c1-15(2)12-9(17-14(15)19)5-3-7-11(12)22-13-10(18(20)21)6-4-8-16-13/h3-8,11-12H,1-2H3,(H,17,19). The fraction of sp³-hybridized carbons (Fsp3) is 0.333. The zero-order valence-corrected chi connectivity index (χ0v) is 12.1. The highest BCUT2D eigenvalue weighted by atomic mass is 16.6. The minimum Gasteiger partial charge on any atom is -0.464 e. The number of carbonyl (C=O) groups is 1. The predicted octanol–water partition coefficient (Wildman–Crippen LogP) is 1.96. The minimum absolute atomic E-state index is 0.0430. The molecule has 7 heteroatoms. The average molecular weight is 301 g/mol. The minimum atomic E-state index is -0.662. The van der Waals surface area contributed by atoms with E-state index in [4.69, 9.17) is 4.74 Å². The maximum atomic E-state index is 12.1. The lowest BCUT2D eigenvalue weighted by atomic mass is 9.75. The van der Waals surface area contributed by atoms with Gasteiger partial charge in [0.15, 0.2) is 0 Å². The smallest absolute Gasteiger partial charge is 0.330 e. The number of carbonyl (C=O) groups excluding carboxylic acids is 1. The summed E-state index contributed by atoms with van der Waals surface area (Å²) in [6.07, 6.45) is 6.32. The van der Waals surface area contributed by atoms with Crippen LogP contribution in [0.3, 0.4) is 0 Å². The summed E-state index contributed by atoms with van der Waals surface area (Å²) >= 11 is 0. The van der Waals surface area contributed by atoms with Crippen LogP contribution in [0, 0.1) is 21.4 Å². The summed E-state index contributed by atoms with van der Waals surface area (Å²) in [6, 6.07) is 2.83. The Balaban J connectivity index is 1.94. The number of pyridine rings is 1. The molecule has 0 aromatic carbocycles. The summed E-state index contributed by atoms with van der Waals surface area (Å²) in [4.78, 5) is 26.6. The van der Waals surface area contributed by atoms with Gasteiger partial charge in [0.25, 0.3) is 5.88 Å². The van der Waals surface area contributed by atoms with Crippen LogP contribution in [-0.2, 0) is 4.79 Å². The van der Waals surface area contributed by atoms with Gasteiger partial charge in [-0.1, -0.05) is 19.9 Å². The summed E-state index contributed by atoms with van der Waals surface area (Å²) in [5.41, 5.74) is -0.0895. The molecule has 1 amide bonds. The Labute approximate surface area is 126 Å². The quantitative estimate of drug-likeness (QED) is 0.680. The second-order valence-corrected chi connectivity index (χ2v) is 5.83. The van der Waals surface area contributed by atoms with Gasteiger partial charge in [0, 0.05) is 18.0 Å². The predicted molar refractivity (Wildman–Crippen MR) is 77.9 cm³/mol. The number of nitrogens with one attached hydrogen (secondary N) is 1. The monoisotopic (exact) mass is 301 g/mol. The van der Waals surface area contributed by atoms with Crippen molar-refractivity contribution in [3.8, 4) is 5.88 Å². The van der Waals surface area contributed by atoms with Crippen LogP contribution in [0.15, 0.2) is 42.3 Å². The normalized spacial score (nSPS) is 25.2. The van der Waals surface area contributed by atoms with E-state index in [-0.39, 0.29) is 23.4 Å². The number of ether oxygens (including phenoxy) is 1. The van der Waals surface area contributed by atoms with Gasteiger partial charge in [0.1, 0.15) is 6.10 Å². The molecule has 2 unspecified atom stereocenters. The lowest BCUT2D eigenvalue weighted by Crippen LogP contribution is -2.37. The van der Waals surface area contributed by atoms with Crippen LogP contribution < -0.4 is 10.1 Å². The summed E-state index contributed by atoms with van der Waals surface area (Å²) in [5, 5.41) is 13.9. The second-order valence-electron chi connectivity index (χ2n) is 5.83. The molecule has 7 nitrogen and oxygen atoms in total. The van der Waals surface area contributed by atoms with Crippen molar-refractivity contribution in [2.75, 3.05) is 0 Å². The van der Waals surface area contributed by atoms with E-state index in [0.29, 0.717) is 0 Å². The van der Waals surface area contributed by atoms with E-state index in [1.54, 1.807) is 12.2 Å². The highest BCUT2D eigenvalue weighted by Gasteiger charge is 2.50. The van der Waals surface area contributed by atoms with Crippen molar-refractivity contribution in [2.45, 2.75) is 20.0 Å². The van der Waals surface area contributed by atoms with Crippen LogP contribution in [0.2, 0.25) is 0 Å². The van der Waals surface area contributed by atoms with Crippen LogP contribution in [0.25, 0.3) is 0 Å². The van der Waals surface area contributed by atoms with Gasteiger partial charge >= 0.3 is 5.69 Å². The molecule has 1 aromatic rings. The molecule has 22 heavy (non-hydrogen) atoms.